The fraction of sp³-hybridized carbons (Fsp3) is 0.538. The highest BCUT2D eigenvalue weighted by Crippen LogP contribution is 2.34. The quantitative estimate of drug-likeness (QED) is 0.496. The van der Waals surface area contributed by atoms with Crippen molar-refractivity contribution in [2.75, 3.05) is 31.5 Å². The largest absolute Gasteiger partial charge is 0.337 e. The van der Waals surface area contributed by atoms with Gasteiger partial charge >= 0.3 is 0 Å². The van der Waals surface area contributed by atoms with E-state index in [2.05, 4.69) is 20.3 Å². The summed E-state index contributed by atoms with van der Waals surface area (Å²) < 4.78 is 25.2. The summed E-state index contributed by atoms with van der Waals surface area (Å²) in [5.41, 5.74) is 0.823. The predicted molar refractivity (Wildman–Crippen MR) is 145 cm³/mol. The number of hydrazone groups is 1. The molecule has 2 bridgehead atoms. The predicted octanol–water partition coefficient (Wildman–Crippen LogP) is 2.32. The van der Waals surface area contributed by atoms with Crippen molar-refractivity contribution in [1.29, 1.82) is 0 Å². The Kier molecular flexibility index (Phi) is 6.73. The number of sulfone groups is 1. The van der Waals surface area contributed by atoms with Gasteiger partial charge in [0.15, 0.2) is 20.7 Å². The van der Waals surface area contributed by atoms with E-state index in [1.54, 1.807) is 37.4 Å². The van der Waals surface area contributed by atoms with E-state index >= 15 is 0 Å². The smallest absolute Gasteiger partial charge is 0.278 e. The number of anilines is 1. The van der Waals surface area contributed by atoms with E-state index in [1.165, 1.54) is 11.3 Å². The van der Waals surface area contributed by atoms with E-state index in [-0.39, 0.29) is 27.7 Å². The van der Waals surface area contributed by atoms with E-state index in [1.807, 2.05) is 9.91 Å². The third-order valence-corrected chi connectivity index (χ3v) is 11.0. The second-order valence-electron chi connectivity index (χ2n) is 10.6. The summed E-state index contributed by atoms with van der Waals surface area (Å²) >= 11 is 1.44. The number of nitrogens with zero attached hydrogens (tertiary/aromatic N) is 5. The summed E-state index contributed by atoms with van der Waals surface area (Å²) in [4.78, 5) is 35.3. The summed E-state index contributed by atoms with van der Waals surface area (Å²) in [6, 6.07) is 7.16. The first-order valence-electron chi connectivity index (χ1n) is 13.2. The van der Waals surface area contributed by atoms with Gasteiger partial charge in [0.1, 0.15) is 0 Å². The minimum Gasteiger partial charge on any atom is -0.337 e. The van der Waals surface area contributed by atoms with E-state index in [0.717, 1.165) is 56.9 Å². The van der Waals surface area contributed by atoms with Crippen LogP contribution in [0, 0.1) is 0 Å². The Bertz CT molecular complexity index is 1360. The molecule has 1 aliphatic carbocycles. The molecule has 1 saturated carbocycles. The van der Waals surface area contributed by atoms with E-state index in [0.29, 0.717) is 35.6 Å². The number of piperazine rings is 1. The van der Waals surface area contributed by atoms with Crippen molar-refractivity contribution in [2.45, 2.75) is 67.8 Å². The molecule has 1 aromatic carbocycles. The fourth-order valence-electron chi connectivity index (χ4n) is 5.67. The lowest BCUT2D eigenvalue weighted by Crippen LogP contribution is -2.47. The Morgan fingerprint density at radius 2 is 1.84 bits per heavy atom. The van der Waals surface area contributed by atoms with Crippen LogP contribution in [0.3, 0.4) is 0 Å². The highest BCUT2D eigenvalue weighted by Gasteiger charge is 2.44. The molecule has 10 nitrogen and oxygen atoms in total. The molecule has 4 aliphatic rings. The topological polar surface area (TPSA) is 115 Å². The Morgan fingerprint density at radius 1 is 1.11 bits per heavy atom. The molecule has 0 unspecified atom stereocenters. The molecule has 0 spiro atoms. The number of carbonyl (C=O) groups is 2. The molecule has 2 aromatic rings. The Balaban J connectivity index is 1.15. The van der Waals surface area contributed by atoms with Gasteiger partial charge in [-0.2, -0.15) is 5.10 Å². The normalized spacial score (nSPS) is 23.9. The van der Waals surface area contributed by atoms with Crippen LogP contribution in [0.2, 0.25) is 0 Å². The number of aromatic nitrogens is 1. The molecule has 12 heteroatoms. The van der Waals surface area contributed by atoms with Crippen LogP contribution in [0.5, 0.6) is 0 Å². The van der Waals surface area contributed by atoms with E-state index < -0.39 is 9.84 Å². The van der Waals surface area contributed by atoms with Crippen molar-refractivity contribution in [1.82, 2.24) is 19.8 Å². The number of hydrogen-bond donors (Lipinski definition) is 1. The monoisotopic (exact) mass is 556 g/mol. The van der Waals surface area contributed by atoms with Gasteiger partial charge in [-0.25, -0.2) is 13.4 Å². The van der Waals surface area contributed by atoms with Gasteiger partial charge < -0.3 is 4.90 Å². The SMILES string of the molecule is CC(=O)N1C[C@H]2C[C@@H]1CN2Cc1cnc(NC(=O)/C(=N/N2CCCC2)c2ccc(S(=O)(=O)C3CC3)cc2)s1. The zero-order chi connectivity index (χ0) is 26.4. The van der Waals surface area contributed by atoms with Gasteiger partial charge in [0, 0.05) is 68.4 Å². The number of rotatable bonds is 8. The Labute approximate surface area is 226 Å². The average Bonchev–Trinajstić information content (AvgIpc) is 3.22. The van der Waals surface area contributed by atoms with Gasteiger partial charge in [0.05, 0.1) is 10.1 Å². The zero-order valence-corrected chi connectivity index (χ0v) is 23.0. The van der Waals surface area contributed by atoms with Crippen molar-refractivity contribution >= 4 is 43.8 Å². The lowest BCUT2D eigenvalue weighted by molar-refractivity contribution is -0.131. The Morgan fingerprint density at radius 3 is 2.47 bits per heavy atom. The van der Waals surface area contributed by atoms with Gasteiger partial charge in [-0.1, -0.05) is 12.1 Å². The molecule has 2 amide bonds. The number of fused-ring (bicyclic) bond motifs is 2. The second-order valence-corrected chi connectivity index (χ2v) is 14.0. The van der Waals surface area contributed by atoms with Crippen LogP contribution in [-0.4, -0.2) is 89.2 Å². The van der Waals surface area contributed by atoms with E-state index in [9.17, 15) is 18.0 Å². The van der Waals surface area contributed by atoms with Crippen LogP contribution in [0.4, 0.5) is 5.13 Å². The third kappa shape index (κ3) is 5.08. The van der Waals surface area contributed by atoms with E-state index in [4.69, 9.17) is 0 Å². The summed E-state index contributed by atoms with van der Waals surface area (Å²) in [6.45, 7) is 5.58. The van der Waals surface area contributed by atoms with Gasteiger partial charge in [0.25, 0.3) is 5.91 Å². The first-order valence-corrected chi connectivity index (χ1v) is 15.6. The summed E-state index contributed by atoms with van der Waals surface area (Å²) in [6.07, 6.45) is 6.27. The summed E-state index contributed by atoms with van der Waals surface area (Å²) in [7, 11) is -3.30. The molecule has 38 heavy (non-hydrogen) atoms. The fourth-order valence-corrected chi connectivity index (χ4v) is 8.16. The number of carbonyl (C=O) groups excluding carboxylic acids is 2. The number of likely N-dealkylation sites (tertiary alicyclic amines) is 2. The summed E-state index contributed by atoms with van der Waals surface area (Å²) in [5, 5.41) is 9.67. The van der Waals surface area contributed by atoms with Crippen molar-refractivity contribution in [3.63, 3.8) is 0 Å². The van der Waals surface area contributed by atoms with Gasteiger partial charge in [0.2, 0.25) is 5.91 Å². The number of thiazole rings is 1. The lowest BCUT2D eigenvalue weighted by atomic mass is 10.1. The van der Waals surface area contributed by atoms with Crippen LogP contribution >= 0.6 is 11.3 Å². The molecule has 4 fully saturated rings. The number of hydrogen-bond acceptors (Lipinski definition) is 9. The molecule has 202 valence electrons. The van der Waals surface area contributed by atoms with Crippen molar-refractivity contribution in [3.8, 4) is 0 Å². The molecule has 3 saturated heterocycles. The molecular formula is C26H32N6O4S2. The minimum absolute atomic E-state index is 0.144. The van der Waals surface area contributed by atoms with Crippen LogP contribution in [-0.2, 0) is 26.0 Å². The highest BCUT2D eigenvalue weighted by molar-refractivity contribution is 7.92. The number of benzene rings is 1. The molecule has 3 aliphatic heterocycles. The zero-order valence-electron chi connectivity index (χ0n) is 21.4. The van der Waals surface area contributed by atoms with Crippen molar-refractivity contribution in [2.24, 2.45) is 5.10 Å². The van der Waals surface area contributed by atoms with Crippen LogP contribution in [0.1, 0.15) is 49.5 Å². The second kappa shape index (κ2) is 10.0. The first kappa shape index (κ1) is 25.4. The Hall–Kier alpha value is -2.83. The molecule has 0 radical (unpaired) electrons. The van der Waals surface area contributed by atoms with Crippen LogP contribution in [0.25, 0.3) is 0 Å². The standard InChI is InChI=1S/C26H32N6O4S2/c1-17(33)32-15-19-12-20(32)14-30(19)16-21-13-27-26(37-21)28-25(34)24(29-31-10-2-3-11-31)18-4-6-22(7-5-18)38(35,36)23-8-9-23/h4-7,13,19-20,23H,2-3,8-12,14-16H2,1H3,(H,27,28,34)/b29-24+/t19-,20-/m1/s1. The first-order chi connectivity index (χ1) is 18.3. The van der Waals surface area contributed by atoms with Gasteiger partial charge in [-0.3, -0.25) is 24.8 Å². The van der Waals surface area contributed by atoms with Gasteiger partial charge in [-0.15, -0.1) is 11.3 Å². The maximum atomic E-state index is 13.4. The van der Waals surface area contributed by atoms with Gasteiger partial charge in [-0.05, 0) is 44.2 Å². The molecule has 2 atom stereocenters. The van der Waals surface area contributed by atoms with Crippen molar-refractivity contribution in [3.05, 3.63) is 40.9 Å². The molecule has 4 heterocycles. The molecule has 1 aromatic heterocycles. The number of nitrogens with one attached hydrogen (secondary N) is 1. The third-order valence-electron chi connectivity index (χ3n) is 7.85. The lowest BCUT2D eigenvalue weighted by Gasteiger charge is -2.33. The average molecular weight is 557 g/mol. The summed E-state index contributed by atoms with van der Waals surface area (Å²) in [5.74, 6) is -0.224. The highest BCUT2D eigenvalue weighted by atomic mass is 32.2. The maximum Gasteiger partial charge on any atom is 0.278 e. The van der Waals surface area contributed by atoms with Crippen LogP contribution < -0.4 is 5.32 Å². The van der Waals surface area contributed by atoms with Crippen molar-refractivity contribution < 1.29 is 18.0 Å². The minimum atomic E-state index is -3.30. The maximum absolute atomic E-state index is 13.4. The molecule has 1 N–H and O–H groups in total. The molecule has 6 rings (SSSR count). The van der Waals surface area contributed by atoms with Crippen LogP contribution in [0.15, 0.2) is 40.5 Å². The molecular weight excluding hydrogens is 524 g/mol. The number of amides is 2.